The lowest BCUT2D eigenvalue weighted by Gasteiger charge is -2.20. The first-order chi connectivity index (χ1) is 9.45. The monoisotopic (exact) mass is 324 g/mol. The standard InChI is InChI=1S/C14H19F3N2O.ClH/c1-18-8-5-9-19-13(20)10-12(14(15,16)17)11-6-3-2-4-7-11;/h2-4,6-7,12,18H,5,8-10H2,1H3,(H,19,20);1H. The molecule has 1 aromatic rings. The van der Waals surface area contributed by atoms with Crippen molar-refractivity contribution >= 4 is 18.3 Å². The van der Waals surface area contributed by atoms with Gasteiger partial charge in [-0.15, -0.1) is 12.4 Å². The van der Waals surface area contributed by atoms with Gasteiger partial charge in [0.2, 0.25) is 5.91 Å². The van der Waals surface area contributed by atoms with Crippen LogP contribution in [0.5, 0.6) is 0 Å². The highest BCUT2D eigenvalue weighted by atomic mass is 35.5. The molecule has 1 rings (SSSR count). The van der Waals surface area contributed by atoms with Gasteiger partial charge in [0.05, 0.1) is 5.92 Å². The summed E-state index contributed by atoms with van der Waals surface area (Å²) < 4.78 is 39.1. The highest BCUT2D eigenvalue weighted by Crippen LogP contribution is 2.37. The van der Waals surface area contributed by atoms with E-state index in [0.29, 0.717) is 19.5 Å². The molecule has 0 radical (unpaired) electrons. The average molecular weight is 325 g/mol. The molecule has 3 nitrogen and oxygen atoms in total. The van der Waals surface area contributed by atoms with Crippen molar-refractivity contribution in [3.8, 4) is 0 Å². The van der Waals surface area contributed by atoms with E-state index in [9.17, 15) is 18.0 Å². The SMILES string of the molecule is CNCCCNC(=O)CC(c1ccccc1)C(F)(F)F.Cl. The van der Waals surface area contributed by atoms with Gasteiger partial charge in [-0.1, -0.05) is 30.3 Å². The Morgan fingerprint density at radius 2 is 1.81 bits per heavy atom. The third-order valence-electron chi connectivity index (χ3n) is 2.91. The van der Waals surface area contributed by atoms with Crippen molar-refractivity contribution in [2.75, 3.05) is 20.1 Å². The molecule has 120 valence electrons. The molecule has 0 spiro atoms. The molecule has 2 N–H and O–H groups in total. The van der Waals surface area contributed by atoms with E-state index in [1.807, 2.05) is 0 Å². The molecule has 0 aliphatic heterocycles. The minimum atomic E-state index is -4.43. The van der Waals surface area contributed by atoms with E-state index < -0.39 is 24.4 Å². The normalized spacial score (nSPS) is 12.4. The Balaban J connectivity index is 0.00000400. The second-order valence-electron chi connectivity index (χ2n) is 4.52. The van der Waals surface area contributed by atoms with Crippen molar-refractivity contribution < 1.29 is 18.0 Å². The van der Waals surface area contributed by atoms with E-state index >= 15 is 0 Å². The Morgan fingerprint density at radius 3 is 2.33 bits per heavy atom. The molecule has 1 aromatic carbocycles. The van der Waals surface area contributed by atoms with Gasteiger partial charge in [-0.3, -0.25) is 4.79 Å². The second kappa shape index (κ2) is 9.63. The van der Waals surface area contributed by atoms with Gasteiger partial charge in [0.1, 0.15) is 0 Å². The summed E-state index contributed by atoms with van der Waals surface area (Å²) in [4.78, 5) is 11.6. The van der Waals surface area contributed by atoms with Crippen LogP contribution < -0.4 is 10.6 Å². The first-order valence-corrected chi connectivity index (χ1v) is 6.48. The molecule has 1 amide bonds. The Hall–Kier alpha value is -1.27. The van der Waals surface area contributed by atoms with Crippen molar-refractivity contribution in [1.82, 2.24) is 10.6 Å². The van der Waals surface area contributed by atoms with Gasteiger partial charge < -0.3 is 10.6 Å². The Morgan fingerprint density at radius 1 is 1.19 bits per heavy atom. The van der Waals surface area contributed by atoms with Crippen molar-refractivity contribution in [1.29, 1.82) is 0 Å². The molecule has 0 aliphatic carbocycles. The summed E-state index contributed by atoms with van der Waals surface area (Å²) in [5, 5.41) is 5.41. The van der Waals surface area contributed by atoms with Crippen molar-refractivity contribution in [2.24, 2.45) is 0 Å². The van der Waals surface area contributed by atoms with Crippen molar-refractivity contribution in [3.63, 3.8) is 0 Å². The highest BCUT2D eigenvalue weighted by molar-refractivity contribution is 5.85. The molecule has 0 bridgehead atoms. The van der Waals surface area contributed by atoms with Crippen LogP contribution in [0.1, 0.15) is 24.3 Å². The molecular weight excluding hydrogens is 305 g/mol. The summed E-state index contributed by atoms with van der Waals surface area (Å²) in [6.07, 6.45) is -4.32. The minimum Gasteiger partial charge on any atom is -0.356 e. The van der Waals surface area contributed by atoms with E-state index in [-0.39, 0.29) is 18.0 Å². The van der Waals surface area contributed by atoms with Gasteiger partial charge in [-0.05, 0) is 25.6 Å². The molecule has 0 fully saturated rings. The van der Waals surface area contributed by atoms with Crippen LogP contribution in [-0.4, -0.2) is 32.2 Å². The third kappa shape index (κ3) is 7.34. The zero-order chi connectivity index (χ0) is 15.0. The lowest BCUT2D eigenvalue weighted by atomic mass is 9.95. The van der Waals surface area contributed by atoms with Crippen LogP contribution in [0.15, 0.2) is 30.3 Å². The first kappa shape index (κ1) is 19.7. The van der Waals surface area contributed by atoms with Crippen LogP contribution in [0, 0.1) is 0 Å². The fourth-order valence-electron chi connectivity index (χ4n) is 1.86. The molecule has 1 unspecified atom stereocenters. The van der Waals surface area contributed by atoms with Crippen LogP contribution in [0.2, 0.25) is 0 Å². The number of carbonyl (C=O) groups excluding carboxylic acids is 1. The number of alkyl halides is 3. The van der Waals surface area contributed by atoms with Crippen LogP contribution in [0.4, 0.5) is 13.2 Å². The summed E-state index contributed by atoms with van der Waals surface area (Å²) in [5.74, 6) is -2.33. The number of carbonyl (C=O) groups is 1. The zero-order valence-corrected chi connectivity index (χ0v) is 12.6. The largest absolute Gasteiger partial charge is 0.396 e. The summed E-state index contributed by atoms with van der Waals surface area (Å²) in [7, 11) is 1.77. The van der Waals surface area contributed by atoms with Gasteiger partial charge in [0.15, 0.2) is 0 Å². The van der Waals surface area contributed by atoms with E-state index in [1.165, 1.54) is 12.1 Å². The van der Waals surface area contributed by atoms with Crippen molar-refractivity contribution in [2.45, 2.75) is 24.9 Å². The van der Waals surface area contributed by atoms with E-state index in [1.54, 1.807) is 25.2 Å². The predicted molar refractivity (Wildman–Crippen MR) is 78.7 cm³/mol. The predicted octanol–water partition coefficient (Wildman–Crippen LogP) is 2.87. The maximum atomic E-state index is 13.0. The quantitative estimate of drug-likeness (QED) is 0.757. The van der Waals surface area contributed by atoms with E-state index in [2.05, 4.69) is 10.6 Å². The van der Waals surface area contributed by atoms with Crippen LogP contribution in [0.3, 0.4) is 0 Å². The maximum Gasteiger partial charge on any atom is 0.396 e. The number of halogens is 4. The van der Waals surface area contributed by atoms with Crippen molar-refractivity contribution in [3.05, 3.63) is 35.9 Å². The smallest absolute Gasteiger partial charge is 0.356 e. The first-order valence-electron chi connectivity index (χ1n) is 6.48. The van der Waals surface area contributed by atoms with Gasteiger partial charge >= 0.3 is 6.18 Å². The molecule has 0 aliphatic rings. The molecule has 1 atom stereocenters. The number of rotatable bonds is 7. The number of amides is 1. The number of hydrogen-bond donors (Lipinski definition) is 2. The van der Waals surface area contributed by atoms with Gasteiger partial charge in [-0.25, -0.2) is 0 Å². The fraction of sp³-hybridized carbons (Fsp3) is 0.500. The Bertz CT molecular complexity index is 412. The minimum absolute atomic E-state index is 0. The molecule has 7 heteroatoms. The lowest BCUT2D eigenvalue weighted by molar-refractivity contribution is -0.157. The highest BCUT2D eigenvalue weighted by Gasteiger charge is 2.41. The fourth-order valence-corrected chi connectivity index (χ4v) is 1.86. The van der Waals surface area contributed by atoms with E-state index in [0.717, 1.165) is 0 Å². The zero-order valence-electron chi connectivity index (χ0n) is 11.7. The molecule has 0 heterocycles. The molecule has 0 saturated carbocycles. The van der Waals surface area contributed by atoms with Gasteiger partial charge in [0.25, 0.3) is 0 Å². The van der Waals surface area contributed by atoms with Crippen LogP contribution in [-0.2, 0) is 4.79 Å². The van der Waals surface area contributed by atoms with Crippen LogP contribution in [0.25, 0.3) is 0 Å². The van der Waals surface area contributed by atoms with Gasteiger partial charge in [-0.2, -0.15) is 13.2 Å². The molecule has 0 aromatic heterocycles. The third-order valence-corrected chi connectivity index (χ3v) is 2.91. The Kier molecular flexibility index (Phi) is 9.05. The second-order valence-corrected chi connectivity index (χ2v) is 4.52. The summed E-state index contributed by atoms with van der Waals surface area (Å²) in [6.45, 7) is 1.08. The maximum absolute atomic E-state index is 13.0. The van der Waals surface area contributed by atoms with Crippen LogP contribution >= 0.6 is 12.4 Å². The summed E-state index contributed by atoms with van der Waals surface area (Å²) in [5.41, 5.74) is 0.116. The van der Waals surface area contributed by atoms with Gasteiger partial charge in [0, 0.05) is 13.0 Å². The number of nitrogens with one attached hydrogen (secondary N) is 2. The molecule has 21 heavy (non-hydrogen) atoms. The Labute approximate surface area is 128 Å². The lowest BCUT2D eigenvalue weighted by Crippen LogP contribution is -2.31. The molecule has 0 saturated heterocycles. The van der Waals surface area contributed by atoms with E-state index in [4.69, 9.17) is 0 Å². The number of hydrogen-bond acceptors (Lipinski definition) is 2. The number of benzene rings is 1. The summed E-state index contributed by atoms with van der Waals surface area (Å²) in [6, 6.07) is 7.52. The topological polar surface area (TPSA) is 41.1 Å². The summed E-state index contributed by atoms with van der Waals surface area (Å²) >= 11 is 0. The average Bonchev–Trinajstić information content (AvgIpc) is 2.41. The molecular formula is C14H20ClF3N2O.